The fourth-order valence-corrected chi connectivity index (χ4v) is 4.86. The van der Waals surface area contributed by atoms with Crippen molar-refractivity contribution >= 4 is 5.84 Å². The van der Waals surface area contributed by atoms with Gasteiger partial charge in [-0.05, 0) is 74.2 Å². The van der Waals surface area contributed by atoms with Crippen LogP contribution in [0.15, 0.2) is 108 Å². The molecule has 2 aromatic rings. The second-order valence-electron chi connectivity index (χ2n) is 10.5. The number of rotatable bonds is 10. The largest absolute Gasteiger partial charge is 0.346 e. The molecule has 0 aliphatic heterocycles. The van der Waals surface area contributed by atoms with Crippen LogP contribution in [0.4, 0.5) is 4.39 Å². The maximum absolute atomic E-state index is 14.5. The summed E-state index contributed by atoms with van der Waals surface area (Å²) in [5.74, 6) is 1.07. The van der Waals surface area contributed by atoms with E-state index >= 15 is 0 Å². The van der Waals surface area contributed by atoms with Crippen LogP contribution in [0, 0.1) is 25.6 Å². The van der Waals surface area contributed by atoms with Crippen LogP contribution in [-0.2, 0) is 0 Å². The normalized spacial score (nSPS) is 17.0. The molecule has 3 nitrogen and oxygen atoms in total. The minimum Gasteiger partial charge on any atom is -0.346 e. The maximum atomic E-state index is 14.5. The molecule has 0 bridgehead atoms. The van der Waals surface area contributed by atoms with Gasteiger partial charge in [0.05, 0.1) is 6.04 Å². The molecule has 0 aromatic heterocycles. The average molecular weight is 512 g/mol. The first-order chi connectivity index (χ1) is 18.1. The van der Waals surface area contributed by atoms with E-state index in [1.54, 1.807) is 12.3 Å². The van der Waals surface area contributed by atoms with Gasteiger partial charge in [0, 0.05) is 30.3 Å². The molecule has 3 rings (SSSR count). The van der Waals surface area contributed by atoms with Crippen molar-refractivity contribution in [3.8, 4) is 0 Å². The highest BCUT2D eigenvalue weighted by Gasteiger charge is 2.26. The molecule has 0 saturated heterocycles. The van der Waals surface area contributed by atoms with Gasteiger partial charge in [0.15, 0.2) is 0 Å². The lowest BCUT2D eigenvalue weighted by Gasteiger charge is -2.34. The van der Waals surface area contributed by atoms with Crippen molar-refractivity contribution in [2.75, 3.05) is 13.6 Å². The minimum atomic E-state index is -0.262. The van der Waals surface area contributed by atoms with Crippen LogP contribution in [0.1, 0.15) is 61.4 Å². The number of hydrogen-bond acceptors (Lipinski definition) is 2. The summed E-state index contributed by atoms with van der Waals surface area (Å²) in [6, 6.07) is 13.4. The van der Waals surface area contributed by atoms with E-state index in [9.17, 15) is 4.39 Å². The van der Waals surface area contributed by atoms with Crippen LogP contribution in [0.25, 0.3) is 0 Å². The summed E-state index contributed by atoms with van der Waals surface area (Å²) in [5, 5.41) is 3.46. The maximum Gasteiger partial charge on any atom is 0.123 e. The van der Waals surface area contributed by atoms with Crippen LogP contribution >= 0.6 is 0 Å². The Kier molecular flexibility index (Phi) is 10.2. The molecular formula is C34H42FN3. The van der Waals surface area contributed by atoms with Crippen LogP contribution in [0.2, 0.25) is 0 Å². The predicted octanol–water partition coefficient (Wildman–Crippen LogP) is 8.33. The van der Waals surface area contributed by atoms with Gasteiger partial charge in [0.1, 0.15) is 11.7 Å². The average Bonchev–Trinajstić information content (AvgIpc) is 2.89. The summed E-state index contributed by atoms with van der Waals surface area (Å²) >= 11 is 0. The Balaban J connectivity index is 1.92. The number of allylic oxidation sites excluding steroid dienone is 4. The third kappa shape index (κ3) is 7.29. The first kappa shape index (κ1) is 29.1. The fourth-order valence-electron chi connectivity index (χ4n) is 4.86. The zero-order valence-electron chi connectivity index (χ0n) is 23.8. The second kappa shape index (κ2) is 13.3. The van der Waals surface area contributed by atoms with Gasteiger partial charge in [-0.15, -0.1) is 0 Å². The number of nitrogens with one attached hydrogen (secondary N) is 1. The molecule has 2 aromatic carbocycles. The van der Waals surface area contributed by atoms with E-state index in [2.05, 4.69) is 92.6 Å². The molecule has 1 N–H and O–H groups in total. The fraction of sp³-hybridized carbons (Fsp3) is 0.324. The lowest BCUT2D eigenvalue weighted by molar-refractivity contribution is 0.292. The van der Waals surface area contributed by atoms with Crippen LogP contribution in [0.5, 0.6) is 0 Å². The number of hydrogen-bond donors (Lipinski definition) is 1. The summed E-state index contributed by atoms with van der Waals surface area (Å²) in [7, 11) is 2.06. The van der Waals surface area contributed by atoms with Crippen molar-refractivity contribution in [3.05, 3.63) is 131 Å². The molecular weight excluding hydrogens is 469 g/mol. The number of likely N-dealkylation sites (N-methyl/N-ethyl adjacent to an activating group) is 1. The van der Waals surface area contributed by atoms with Crippen molar-refractivity contribution in [2.24, 2.45) is 10.9 Å². The zero-order valence-corrected chi connectivity index (χ0v) is 23.8. The highest BCUT2D eigenvalue weighted by Crippen LogP contribution is 2.35. The van der Waals surface area contributed by atoms with Crippen LogP contribution < -0.4 is 5.32 Å². The van der Waals surface area contributed by atoms with Gasteiger partial charge in [-0.2, -0.15) is 0 Å². The molecule has 38 heavy (non-hydrogen) atoms. The summed E-state index contributed by atoms with van der Waals surface area (Å²) in [6.07, 6.45) is 11.1. The highest BCUT2D eigenvalue weighted by molar-refractivity contribution is 5.86. The molecule has 1 aliphatic carbocycles. The molecule has 0 amide bonds. The summed E-state index contributed by atoms with van der Waals surface area (Å²) in [4.78, 5) is 6.80. The van der Waals surface area contributed by atoms with Gasteiger partial charge < -0.3 is 5.32 Å². The lowest BCUT2D eigenvalue weighted by Crippen LogP contribution is -2.37. The number of nitrogens with zero attached hydrogens (tertiary/aromatic N) is 2. The van der Waals surface area contributed by atoms with Gasteiger partial charge in [-0.3, -0.25) is 4.90 Å². The second-order valence-corrected chi connectivity index (χ2v) is 10.5. The van der Waals surface area contributed by atoms with E-state index < -0.39 is 0 Å². The van der Waals surface area contributed by atoms with Crippen LogP contribution in [0.3, 0.4) is 0 Å². The highest BCUT2D eigenvalue weighted by atomic mass is 19.1. The minimum absolute atomic E-state index is 0.178. The van der Waals surface area contributed by atoms with Gasteiger partial charge >= 0.3 is 0 Å². The van der Waals surface area contributed by atoms with Gasteiger partial charge in [-0.1, -0.05) is 87.2 Å². The topological polar surface area (TPSA) is 27.6 Å². The lowest BCUT2D eigenvalue weighted by atomic mass is 9.84. The third-order valence-electron chi connectivity index (χ3n) is 7.06. The van der Waals surface area contributed by atoms with E-state index in [0.717, 1.165) is 29.1 Å². The molecule has 1 aliphatic rings. The summed E-state index contributed by atoms with van der Waals surface area (Å²) < 4.78 is 14.5. The van der Waals surface area contributed by atoms with Crippen molar-refractivity contribution in [1.29, 1.82) is 0 Å². The van der Waals surface area contributed by atoms with Gasteiger partial charge in [0.2, 0.25) is 0 Å². The van der Waals surface area contributed by atoms with Crippen molar-refractivity contribution < 1.29 is 4.39 Å². The zero-order chi connectivity index (χ0) is 27.8. The van der Waals surface area contributed by atoms with Crippen molar-refractivity contribution in [3.63, 3.8) is 0 Å². The predicted molar refractivity (Wildman–Crippen MR) is 161 cm³/mol. The number of amidine groups is 1. The summed E-state index contributed by atoms with van der Waals surface area (Å²) in [6.45, 7) is 19.4. The van der Waals surface area contributed by atoms with Gasteiger partial charge in [-0.25, -0.2) is 9.38 Å². The smallest absolute Gasteiger partial charge is 0.123 e. The molecule has 0 spiro atoms. The Morgan fingerprint density at radius 2 is 1.89 bits per heavy atom. The molecule has 0 fully saturated rings. The Morgan fingerprint density at radius 1 is 1.18 bits per heavy atom. The first-order valence-corrected chi connectivity index (χ1v) is 13.3. The molecule has 2 unspecified atom stereocenters. The van der Waals surface area contributed by atoms with Gasteiger partial charge in [0.25, 0.3) is 0 Å². The standard InChI is InChI=1S/C34H42FN3/c1-9-19-36-34(23(3)4)37-26(7)33(32-21-31(35)18-13-25(32)6)38(8)22-30-17-16-29(20-27(30)10-2)28-14-11-24(5)12-15-28/h9-19,21,23,29,33H,2,7,20,22H2,1,3-6,8H3,(H,36,37)/b19-9-. The molecule has 4 heteroatoms. The van der Waals surface area contributed by atoms with E-state index in [1.807, 2.05) is 32.1 Å². The molecule has 0 radical (unpaired) electrons. The van der Waals surface area contributed by atoms with E-state index in [1.165, 1.54) is 28.3 Å². The molecule has 0 saturated carbocycles. The first-order valence-electron chi connectivity index (χ1n) is 13.3. The van der Waals surface area contributed by atoms with Crippen molar-refractivity contribution in [1.82, 2.24) is 10.2 Å². The van der Waals surface area contributed by atoms with Crippen LogP contribution in [-0.4, -0.2) is 24.3 Å². The quantitative estimate of drug-likeness (QED) is 0.256. The van der Waals surface area contributed by atoms with E-state index in [0.29, 0.717) is 12.5 Å². The molecule has 2 atom stereocenters. The number of benzene rings is 2. The molecule has 200 valence electrons. The number of aliphatic imine (C=N–C) groups is 1. The van der Waals surface area contributed by atoms with Crippen molar-refractivity contribution in [2.45, 2.75) is 53.0 Å². The van der Waals surface area contributed by atoms with E-state index in [4.69, 9.17) is 0 Å². The summed E-state index contributed by atoms with van der Waals surface area (Å²) in [5.41, 5.74) is 7.68. The third-order valence-corrected chi connectivity index (χ3v) is 7.06. The Hall–Kier alpha value is -3.50. The Labute approximate surface area is 228 Å². The monoisotopic (exact) mass is 511 g/mol. The SMILES string of the molecule is C=CC1=C(CN(C)C(C(=C)N/C(=N/C=C\C)C(C)C)c2cc(F)ccc2C)C=CC(c2ccc(C)cc2)C1. The number of halogens is 1. The Bertz CT molecular complexity index is 1260. The Morgan fingerprint density at radius 3 is 2.53 bits per heavy atom. The van der Waals surface area contributed by atoms with E-state index in [-0.39, 0.29) is 17.8 Å². The molecule has 0 heterocycles. The number of aryl methyl sites for hydroxylation is 2.